The summed E-state index contributed by atoms with van der Waals surface area (Å²) in [6.45, 7) is 0. The van der Waals surface area contributed by atoms with Gasteiger partial charge in [0.25, 0.3) is 0 Å². The molecule has 0 saturated heterocycles. The zero-order valence-electron chi connectivity index (χ0n) is 10.1. The third-order valence-corrected chi connectivity index (χ3v) is 3.42. The highest BCUT2D eigenvalue weighted by atomic mass is 16.4. The lowest BCUT2D eigenvalue weighted by Crippen LogP contribution is -2.02. The average molecular weight is 242 g/mol. The Morgan fingerprint density at radius 3 is 2.72 bits per heavy atom. The van der Waals surface area contributed by atoms with Crippen LogP contribution in [0.4, 0.5) is 0 Å². The Labute approximate surface area is 105 Å². The van der Waals surface area contributed by atoms with Crippen LogP contribution in [0.2, 0.25) is 0 Å². The van der Waals surface area contributed by atoms with E-state index >= 15 is 0 Å². The fourth-order valence-electron chi connectivity index (χ4n) is 2.33. The van der Waals surface area contributed by atoms with Gasteiger partial charge in [0, 0.05) is 24.7 Å². The van der Waals surface area contributed by atoms with Crippen molar-refractivity contribution in [1.82, 2.24) is 9.55 Å². The van der Waals surface area contributed by atoms with Crippen LogP contribution in [0.15, 0.2) is 36.5 Å². The van der Waals surface area contributed by atoms with Gasteiger partial charge in [-0.1, -0.05) is 30.3 Å². The first kappa shape index (κ1) is 11.0. The first-order chi connectivity index (χ1) is 8.66. The quantitative estimate of drug-likeness (QED) is 0.898. The SMILES string of the molecule is Cn1cc(-c2ccccc2)nc1C1CC1C(=O)O. The lowest BCUT2D eigenvalue weighted by Gasteiger charge is -1.97. The van der Waals surface area contributed by atoms with Gasteiger partial charge in [-0.15, -0.1) is 0 Å². The van der Waals surface area contributed by atoms with Crippen molar-refractivity contribution < 1.29 is 9.90 Å². The smallest absolute Gasteiger partial charge is 0.307 e. The second-order valence-electron chi connectivity index (χ2n) is 4.75. The zero-order chi connectivity index (χ0) is 12.7. The summed E-state index contributed by atoms with van der Waals surface area (Å²) in [6, 6.07) is 9.93. The number of hydrogen-bond acceptors (Lipinski definition) is 2. The number of imidazole rings is 1. The molecule has 2 atom stereocenters. The average Bonchev–Trinajstić information content (AvgIpc) is 3.08. The maximum Gasteiger partial charge on any atom is 0.307 e. The van der Waals surface area contributed by atoms with Crippen molar-refractivity contribution in [2.75, 3.05) is 0 Å². The van der Waals surface area contributed by atoms with Crippen molar-refractivity contribution in [2.24, 2.45) is 13.0 Å². The van der Waals surface area contributed by atoms with Crippen LogP contribution in [0.25, 0.3) is 11.3 Å². The first-order valence-corrected chi connectivity index (χ1v) is 5.98. The van der Waals surface area contributed by atoms with Crippen LogP contribution in [0.3, 0.4) is 0 Å². The second-order valence-corrected chi connectivity index (χ2v) is 4.75. The van der Waals surface area contributed by atoms with Crippen LogP contribution in [-0.2, 0) is 11.8 Å². The van der Waals surface area contributed by atoms with Gasteiger partial charge in [0.05, 0.1) is 11.6 Å². The molecule has 0 spiro atoms. The van der Waals surface area contributed by atoms with E-state index in [1.54, 1.807) is 0 Å². The predicted molar refractivity (Wildman–Crippen MR) is 67.1 cm³/mol. The minimum Gasteiger partial charge on any atom is -0.481 e. The molecule has 0 bridgehead atoms. The molecule has 0 aliphatic heterocycles. The first-order valence-electron chi connectivity index (χ1n) is 5.98. The van der Waals surface area contributed by atoms with Gasteiger partial charge >= 0.3 is 5.97 Å². The zero-order valence-corrected chi connectivity index (χ0v) is 10.1. The molecule has 92 valence electrons. The Morgan fingerprint density at radius 1 is 1.39 bits per heavy atom. The molecule has 1 aliphatic carbocycles. The lowest BCUT2D eigenvalue weighted by molar-refractivity contribution is -0.138. The highest BCUT2D eigenvalue weighted by Crippen LogP contribution is 2.47. The predicted octanol–water partition coefficient (Wildman–Crippen LogP) is 2.28. The Kier molecular flexibility index (Phi) is 2.44. The number of aromatic nitrogens is 2. The number of aryl methyl sites for hydroxylation is 1. The number of benzene rings is 1. The summed E-state index contributed by atoms with van der Waals surface area (Å²) in [4.78, 5) is 15.5. The van der Waals surface area contributed by atoms with E-state index in [4.69, 9.17) is 5.11 Å². The number of nitrogens with zero attached hydrogens (tertiary/aromatic N) is 2. The molecular formula is C14H14N2O2. The third-order valence-electron chi connectivity index (χ3n) is 3.42. The van der Waals surface area contributed by atoms with Gasteiger partial charge in [-0.2, -0.15) is 0 Å². The van der Waals surface area contributed by atoms with Crippen LogP contribution in [0, 0.1) is 5.92 Å². The second kappa shape index (κ2) is 3.98. The van der Waals surface area contributed by atoms with Gasteiger partial charge in [0.2, 0.25) is 0 Å². The summed E-state index contributed by atoms with van der Waals surface area (Å²) in [5.74, 6) is -0.0230. The molecule has 1 aromatic carbocycles. The van der Waals surface area contributed by atoms with E-state index in [1.165, 1.54) is 0 Å². The molecular weight excluding hydrogens is 228 g/mol. The van der Waals surface area contributed by atoms with Crippen molar-refractivity contribution in [2.45, 2.75) is 12.3 Å². The van der Waals surface area contributed by atoms with Gasteiger partial charge in [-0.3, -0.25) is 4.79 Å². The number of carbonyl (C=O) groups is 1. The van der Waals surface area contributed by atoms with Crippen LogP contribution < -0.4 is 0 Å². The minimum atomic E-state index is -0.718. The van der Waals surface area contributed by atoms with E-state index in [-0.39, 0.29) is 11.8 Å². The van der Waals surface area contributed by atoms with Crippen molar-refractivity contribution in [3.05, 3.63) is 42.4 Å². The Balaban J connectivity index is 1.91. The molecule has 0 radical (unpaired) electrons. The minimum absolute atomic E-state index is 0.0740. The molecule has 1 aromatic heterocycles. The van der Waals surface area contributed by atoms with Gasteiger partial charge in [-0.25, -0.2) is 4.98 Å². The molecule has 1 fully saturated rings. The van der Waals surface area contributed by atoms with Gasteiger partial charge in [-0.05, 0) is 6.42 Å². The maximum atomic E-state index is 10.9. The Bertz CT molecular complexity index is 589. The molecule has 1 saturated carbocycles. The molecule has 1 aliphatic rings. The van der Waals surface area contributed by atoms with Crippen molar-refractivity contribution >= 4 is 5.97 Å². The standard InChI is InChI=1S/C14H14N2O2/c1-16-8-12(9-5-3-2-4-6-9)15-13(16)10-7-11(10)14(17)18/h2-6,8,10-11H,7H2,1H3,(H,17,18). The molecule has 4 nitrogen and oxygen atoms in total. The highest BCUT2D eigenvalue weighted by molar-refractivity contribution is 5.75. The largest absolute Gasteiger partial charge is 0.481 e. The fourth-order valence-corrected chi connectivity index (χ4v) is 2.33. The molecule has 2 aromatic rings. The van der Waals surface area contributed by atoms with Crippen LogP contribution in [0.1, 0.15) is 18.2 Å². The summed E-state index contributed by atoms with van der Waals surface area (Å²) in [5, 5.41) is 8.96. The number of aliphatic carboxylic acids is 1. The number of carboxylic acid groups (broad SMARTS) is 1. The van der Waals surface area contributed by atoms with E-state index < -0.39 is 5.97 Å². The number of rotatable bonds is 3. The third kappa shape index (κ3) is 1.79. The normalized spacial score (nSPS) is 21.8. The van der Waals surface area contributed by atoms with E-state index in [0.717, 1.165) is 17.1 Å². The maximum absolute atomic E-state index is 10.9. The van der Waals surface area contributed by atoms with Gasteiger partial charge < -0.3 is 9.67 Å². The van der Waals surface area contributed by atoms with Crippen LogP contribution in [0.5, 0.6) is 0 Å². The Morgan fingerprint density at radius 2 is 2.11 bits per heavy atom. The van der Waals surface area contributed by atoms with Crippen molar-refractivity contribution in [3.63, 3.8) is 0 Å². The molecule has 3 rings (SSSR count). The Hall–Kier alpha value is -2.10. The molecule has 1 heterocycles. The molecule has 2 unspecified atom stereocenters. The van der Waals surface area contributed by atoms with E-state index in [2.05, 4.69) is 4.98 Å². The topological polar surface area (TPSA) is 55.1 Å². The van der Waals surface area contributed by atoms with E-state index in [0.29, 0.717) is 6.42 Å². The monoisotopic (exact) mass is 242 g/mol. The van der Waals surface area contributed by atoms with Gasteiger partial charge in [0.15, 0.2) is 0 Å². The summed E-state index contributed by atoms with van der Waals surface area (Å²) < 4.78 is 1.94. The van der Waals surface area contributed by atoms with Crippen molar-refractivity contribution in [1.29, 1.82) is 0 Å². The molecule has 18 heavy (non-hydrogen) atoms. The van der Waals surface area contributed by atoms with Crippen molar-refractivity contribution in [3.8, 4) is 11.3 Å². The molecule has 1 N–H and O–H groups in total. The summed E-state index contributed by atoms with van der Waals surface area (Å²) in [6.07, 6.45) is 2.66. The lowest BCUT2D eigenvalue weighted by atomic mass is 10.2. The molecule has 4 heteroatoms. The number of hydrogen-bond donors (Lipinski definition) is 1. The summed E-state index contributed by atoms with van der Waals surface area (Å²) >= 11 is 0. The summed E-state index contributed by atoms with van der Waals surface area (Å²) in [5.41, 5.74) is 1.97. The fraction of sp³-hybridized carbons (Fsp3) is 0.286. The van der Waals surface area contributed by atoms with Crippen LogP contribution >= 0.6 is 0 Å². The van der Waals surface area contributed by atoms with E-state index in [1.807, 2.05) is 48.1 Å². The molecule has 0 amide bonds. The van der Waals surface area contributed by atoms with E-state index in [9.17, 15) is 4.79 Å². The van der Waals surface area contributed by atoms with Gasteiger partial charge in [0.1, 0.15) is 5.82 Å². The van der Waals surface area contributed by atoms with Crippen LogP contribution in [-0.4, -0.2) is 20.6 Å². The number of carboxylic acids is 1. The summed E-state index contributed by atoms with van der Waals surface area (Å²) in [7, 11) is 1.92. The highest BCUT2D eigenvalue weighted by Gasteiger charge is 2.46.